The van der Waals surface area contributed by atoms with E-state index in [1.807, 2.05) is 0 Å². The molecule has 1 aliphatic heterocycles. The van der Waals surface area contributed by atoms with Gasteiger partial charge in [0.2, 0.25) is 5.91 Å². The van der Waals surface area contributed by atoms with Gasteiger partial charge in [0.15, 0.2) is 0 Å². The molecule has 1 saturated heterocycles. The molecular weight excluding hydrogens is 222 g/mol. The van der Waals surface area contributed by atoms with E-state index in [-0.39, 0.29) is 11.9 Å². The minimum atomic E-state index is -0.402. The second-order valence-corrected chi connectivity index (χ2v) is 4.16. The third-order valence-corrected chi connectivity index (χ3v) is 2.76. The number of carbonyl (C=O) groups is 1. The van der Waals surface area contributed by atoms with Crippen molar-refractivity contribution in [1.29, 1.82) is 0 Å². The Morgan fingerprint density at radius 3 is 3.18 bits per heavy atom. The molecule has 0 saturated carbocycles. The summed E-state index contributed by atoms with van der Waals surface area (Å²) in [6.07, 6.45) is 4.32. The van der Waals surface area contributed by atoms with Gasteiger partial charge in [-0.2, -0.15) is 0 Å². The first-order valence-electron chi connectivity index (χ1n) is 5.79. The molecule has 0 radical (unpaired) electrons. The molecule has 1 fully saturated rings. The minimum absolute atomic E-state index is 0.0415. The molecule has 7 nitrogen and oxygen atoms in total. The van der Waals surface area contributed by atoms with E-state index in [0.717, 1.165) is 13.0 Å². The number of carbonyl (C=O) groups excluding carboxylic acids is 1. The summed E-state index contributed by atoms with van der Waals surface area (Å²) >= 11 is 0. The van der Waals surface area contributed by atoms with Gasteiger partial charge in [-0.1, -0.05) is 5.21 Å². The molecule has 2 heterocycles. The highest BCUT2D eigenvalue weighted by Crippen LogP contribution is 2.05. The zero-order chi connectivity index (χ0) is 12.1. The maximum absolute atomic E-state index is 11.6. The molecule has 7 heteroatoms. The van der Waals surface area contributed by atoms with Crippen molar-refractivity contribution >= 4 is 5.91 Å². The number of aliphatic hydroxyl groups is 1. The van der Waals surface area contributed by atoms with Crippen LogP contribution in [0.2, 0.25) is 0 Å². The van der Waals surface area contributed by atoms with Crippen LogP contribution in [-0.2, 0) is 11.3 Å². The Balaban J connectivity index is 1.60. The van der Waals surface area contributed by atoms with Crippen LogP contribution in [0.15, 0.2) is 12.4 Å². The third kappa shape index (κ3) is 3.50. The maximum atomic E-state index is 11.6. The number of rotatable bonds is 5. The lowest BCUT2D eigenvalue weighted by Gasteiger charge is -2.10. The molecule has 1 aromatic rings. The van der Waals surface area contributed by atoms with Gasteiger partial charge < -0.3 is 15.7 Å². The van der Waals surface area contributed by atoms with Crippen molar-refractivity contribution in [1.82, 2.24) is 25.6 Å². The van der Waals surface area contributed by atoms with E-state index >= 15 is 0 Å². The number of nitrogens with zero attached hydrogens (tertiary/aromatic N) is 3. The van der Waals surface area contributed by atoms with Crippen molar-refractivity contribution in [2.75, 3.05) is 13.1 Å². The van der Waals surface area contributed by atoms with Crippen LogP contribution in [0.25, 0.3) is 0 Å². The van der Waals surface area contributed by atoms with E-state index < -0.39 is 6.10 Å². The minimum Gasteiger partial charge on any atom is -0.392 e. The second kappa shape index (κ2) is 5.74. The molecule has 2 rings (SSSR count). The number of hydrogen-bond donors (Lipinski definition) is 3. The Morgan fingerprint density at radius 1 is 1.65 bits per heavy atom. The van der Waals surface area contributed by atoms with E-state index in [0.29, 0.717) is 19.5 Å². The van der Waals surface area contributed by atoms with Crippen LogP contribution in [0.4, 0.5) is 0 Å². The molecule has 2 unspecified atom stereocenters. The fourth-order valence-corrected chi connectivity index (χ4v) is 1.84. The topological polar surface area (TPSA) is 92.1 Å². The van der Waals surface area contributed by atoms with E-state index in [1.54, 1.807) is 17.1 Å². The Labute approximate surface area is 99.2 Å². The molecule has 0 spiro atoms. The number of hydrogen-bond acceptors (Lipinski definition) is 5. The summed E-state index contributed by atoms with van der Waals surface area (Å²) in [4.78, 5) is 11.6. The quantitative estimate of drug-likeness (QED) is 0.544. The SMILES string of the molecule is O=C(NCCCn1ccnn1)C1CC(O)CN1. The number of aryl methyl sites for hydroxylation is 1. The summed E-state index contributed by atoms with van der Waals surface area (Å²) in [5.74, 6) is -0.0415. The van der Waals surface area contributed by atoms with Gasteiger partial charge in [0.25, 0.3) is 0 Å². The molecule has 1 amide bonds. The van der Waals surface area contributed by atoms with Gasteiger partial charge >= 0.3 is 0 Å². The van der Waals surface area contributed by atoms with Gasteiger partial charge in [-0.3, -0.25) is 9.48 Å². The average molecular weight is 239 g/mol. The number of amides is 1. The summed E-state index contributed by atoms with van der Waals surface area (Å²) in [6, 6.07) is -0.253. The summed E-state index contributed by atoms with van der Waals surface area (Å²) in [7, 11) is 0. The van der Waals surface area contributed by atoms with E-state index in [4.69, 9.17) is 0 Å². The highest BCUT2D eigenvalue weighted by atomic mass is 16.3. The Kier molecular flexibility index (Phi) is 4.05. The summed E-state index contributed by atoms with van der Waals surface area (Å²) in [6.45, 7) is 1.84. The highest BCUT2D eigenvalue weighted by Gasteiger charge is 2.27. The average Bonchev–Trinajstić information content (AvgIpc) is 2.95. The van der Waals surface area contributed by atoms with Crippen molar-refractivity contribution in [3.8, 4) is 0 Å². The summed E-state index contributed by atoms with van der Waals surface area (Å²) < 4.78 is 1.73. The van der Waals surface area contributed by atoms with Gasteiger partial charge in [-0.15, -0.1) is 5.10 Å². The first kappa shape index (κ1) is 12.0. The first-order chi connectivity index (χ1) is 8.25. The fraction of sp³-hybridized carbons (Fsp3) is 0.700. The lowest BCUT2D eigenvalue weighted by Crippen LogP contribution is -2.40. The van der Waals surface area contributed by atoms with Gasteiger partial charge in [0.05, 0.1) is 18.3 Å². The maximum Gasteiger partial charge on any atom is 0.237 e. The Morgan fingerprint density at radius 2 is 2.53 bits per heavy atom. The molecule has 1 aromatic heterocycles. The van der Waals surface area contributed by atoms with Crippen LogP contribution in [0.3, 0.4) is 0 Å². The Bertz CT molecular complexity index is 354. The Hall–Kier alpha value is -1.47. The van der Waals surface area contributed by atoms with Crippen LogP contribution >= 0.6 is 0 Å². The van der Waals surface area contributed by atoms with Crippen LogP contribution in [-0.4, -0.2) is 51.2 Å². The number of aromatic nitrogens is 3. The molecule has 0 aliphatic carbocycles. The van der Waals surface area contributed by atoms with E-state index in [2.05, 4.69) is 20.9 Å². The second-order valence-electron chi connectivity index (χ2n) is 4.16. The number of nitrogens with one attached hydrogen (secondary N) is 2. The molecule has 0 aromatic carbocycles. The molecule has 2 atom stereocenters. The lowest BCUT2D eigenvalue weighted by molar-refractivity contribution is -0.122. The van der Waals surface area contributed by atoms with Crippen molar-refractivity contribution in [2.24, 2.45) is 0 Å². The lowest BCUT2D eigenvalue weighted by atomic mass is 10.2. The van der Waals surface area contributed by atoms with Crippen LogP contribution in [0.5, 0.6) is 0 Å². The van der Waals surface area contributed by atoms with Crippen molar-refractivity contribution in [3.05, 3.63) is 12.4 Å². The predicted octanol–water partition coefficient (Wildman–Crippen LogP) is -1.49. The number of aliphatic hydroxyl groups excluding tert-OH is 1. The molecule has 3 N–H and O–H groups in total. The molecule has 17 heavy (non-hydrogen) atoms. The first-order valence-corrected chi connectivity index (χ1v) is 5.79. The standard InChI is InChI=1S/C10H17N5O2/c16-8-6-9(12-7-8)10(17)11-2-1-4-15-5-3-13-14-15/h3,5,8-9,12,16H,1-2,4,6-7H2,(H,11,17). The monoisotopic (exact) mass is 239 g/mol. The van der Waals surface area contributed by atoms with Gasteiger partial charge in [0.1, 0.15) is 0 Å². The predicted molar refractivity (Wildman–Crippen MR) is 60.1 cm³/mol. The van der Waals surface area contributed by atoms with Gasteiger partial charge in [0, 0.05) is 25.8 Å². The zero-order valence-corrected chi connectivity index (χ0v) is 9.54. The highest BCUT2D eigenvalue weighted by molar-refractivity contribution is 5.82. The molecule has 1 aliphatic rings. The normalized spacial score (nSPS) is 23.8. The van der Waals surface area contributed by atoms with Gasteiger partial charge in [-0.05, 0) is 12.8 Å². The van der Waals surface area contributed by atoms with Crippen molar-refractivity contribution in [2.45, 2.75) is 31.5 Å². The molecular formula is C10H17N5O2. The molecule has 0 bridgehead atoms. The fourth-order valence-electron chi connectivity index (χ4n) is 1.84. The largest absolute Gasteiger partial charge is 0.392 e. The van der Waals surface area contributed by atoms with Crippen molar-refractivity contribution < 1.29 is 9.90 Å². The zero-order valence-electron chi connectivity index (χ0n) is 9.54. The van der Waals surface area contributed by atoms with E-state index in [9.17, 15) is 9.90 Å². The third-order valence-electron chi connectivity index (χ3n) is 2.76. The van der Waals surface area contributed by atoms with Crippen molar-refractivity contribution in [3.63, 3.8) is 0 Å². The van der Waals surface area contributed by atoms with Crippen LogP contribution in [0.1, 0.15) is 12.8 Å². The number of β-amino-alcohol motifs (C(OH)–C–C–N with tert-alkyl or cyclic N) is 1. The van der Waals surface area contributed by atoms with Gasteiger partial charge in [-0.25, -0.2) is 0 Å². The summed E-state index contributed by atoms with van der Waals surface area (Å²) in [5, 5.41) is 22.6. The molecule has 94 valence electrons. The smallest absolute Gasteiger partial charge is 0.237 e. The van der Waals surface area contributed by atoms with Crippen LogP contribution < -0.4 is 10.6 Å². The van der Waals surface area contributed by atoms with Crippen LogP contribution in [0, 0.1) is 0 Å². The van der Waals surface area contributed by atoms with E-state index in [1.165, 1.54) is 0 Å². The summed E-state index contributed by atoms with van der Waals surface area (Å²) in [5.41, 5.74) is 0.